The Morgan fingerprint density at radius 2 is 2.33 bits per heavy atom. The van der Waals surface area contributed by atoms with E-state index in [-0.39, 0.29) is 12.1 Å². The van der Waals surface area contributed by atoms with Crippen molar-refractivity contribution in [2.24, 2.45) is 0 Å². The molecule has 0 spiro atoms. The average molecular weight is 264 g/mol. The highest BCUT2D eigenvalue weighted by molar-refractivity contribution is 7.09. The molecule has 0 aliphatic heterocycles. The molecular formula is C10H12N6OS. The zero-order chi connectivity index (χ0) is 13.0. The van der Waals surface area contributed by atoms with E-state index in [2.05, 4.69) is 30.0 Å². The summed E-state index contributed by atoms with van der Waals surface area (Å²) in [5, 5.41) is 5.84. The molecule has 2 amide bonds. The molecule has 0 saturated carbocycles. The van der Waals surface area contributed by atoms with Gasteiger partial charge in [-0.1, -0.05) is 0 Å². The van der Waals surface area contributed by atoms with Gasteiger partial charge in [0, 0.05) is 17.7 Å². The van der Waals surface area contributed by atoms with Crippen LogP contribution < -0.4 is 10.6 Å². The Morgan fingerprint density at radius 1 is 1.50 bits per heavy atom. The molecule has 1 atom stereocenters. The lowest BCUT2D eigenvalue weighted by atomic mass is 10.2. The van der Waals surface area contributed by atoms with E-state index in [1.807, 2.05) is 6.92 Å². The van der Waals surface area contributed by atoms with Crippen molar-refractivity contribution in [3.63, 3.8) is 0 Å². The lowest BCUT2D eigenvalue weighted by Crippen LogP contribution is -2.31. The second kappa shape index (κ2) is 5.50. The van der Waals surface area contributed by atoms with Crippen LogP contribution in [0.5, 0.6) is 0 Å². The van der Waals surface area contributed by atoms with Gasteiger partial charge in [-0.15, -0.1) is 0 Å². The normalized spacial score (nSPS) is 11.9. The minimum Gasteiger partial charge on any atom is -0.330 e. The van der Waals surface area contributed by atoms with Gasteiger partial charge in [0.15, 0.2) is 0 Å². The molecule has 94 valence electrons. The zero-order valence-corrected chi connectivity index (χ0v) is 10.7. The van der Waals surface area contributed by atoms with E-state index < -0.39 is 0 Å². The van der Waals surface area contributed by atoms with Crippen molar-refractivity contribution in [1.82, 2.24) is 24.6 Å². The van der Waals surface area contributed by atoms with Crippen molar-refractivity contribution in [1.29, 1.82) is 0 Å². The standard InChI is InChI=1S/C10H12N6OS/c1-6(8-3-4-11-5-12-8)13-9(17)15-10-14-7(2)16-18-10/h3-6H,1-2H3,(H2,13,14,15,16,17). The molecule has 0 bridgehead atoms. The van der Waals surface area contributed by atoms with Gasteiger partial charge in [-0.2, -0.15) is 4.37 Å². The average Bonchev–Trinajstić information content (AvgIpc) is 2.75. The Bertz CT molecular complexity index is 528. The highest BCUT2D eigenvalue weighted by atomic mass is 32.1. The molecule has 0 aliphatic rings. The van der Waals surface area contributed by atoms with E-state index in [1.165, 1.54) is 6.33 Å². The van der Waals surface area contributed by atoms with Crippen LogP contribution >= 0.6 is 11.5 Å². The van der Waals surface area contributed by atoms with Crippen LogP contribution in [0.2, 0.25) is 0 Å². The Hall–Kier alpha value is -2.09. The zero-order valence-electron chi connectivity index (χ0n) is 9.91. The number of carbonyl (C=O) groups excluding carboxylic acids is 1. The second-order valence-electron chi connectivity index (χ2n) is 3.60. The van der Waals surface area contributed by atoms with E-state index in [9.17, 15) is 4.79 Å². The fourth-order valence-corrected chi connectivity index (χ4v) is 1.88. The van der Waals surface area contributed by atoms with Crippen molar-refractivity contribution >= 4 is 22.7 Å². The molecule has 18 heavy (non-hydrogen) atoms. The first-order valence-corrected chi connectivity index (χ1v) is 6.06. The maximum absolute atomic E-state index is 11.7. The number of nitrogens with one attached hydrogen (secondary N) is 2. The topological polar surface area (TPSA) is 92.7 Å². The van der Waals surface area contributed by atoms with Crippen LogP contribution in [0.25, 0.3) is 0 Å². The molecule has 2 heterocycles. The monoisotopic (exact) mass is 264 g/mol. The fourth-order valence-electron chi connectivity index (χ4n) is 1.31. The predicted octanol–water partition coefficient (Wildman–Crippen LogP) is 1.52. The SMILES string of the molecule is Cc1nsc(NC(=O)NC(C)c2ccncn2)n1. The first kappa shape index (κ1) is 12.4. The van der Waals surface area contributed by atoms with Crippen molar-refractivity contribution in [3.8, 4) is 0 Å². The van der Waals surface area contributed by atoms with E-state index in [0.29, 0.717) is 11.0 Å². The molecule has 2 aromatic rings. The van der Waals surface area contributed by atoms with Crippen molar-refractivity contribution in [2.45, 2.75) is 19.9 Å². The number of hydrogen-bond donors (Lipinski definition) is 2. The highest BCUT2D eigenvalue weighted by Crippen LogP contribution is 2.11. The van der Waals surface area contributed by atoms with Gasteiger partial charge in [0.1, 0.15) is 12.2 Å². The summed E-state index contributed by atoms with van der Waals surface area (Å²) in [7, 11) is 0. The van der Waals surface area contributed by atoms with Crippen LogP contribution in [0.4, 0.5) is 9.93 Å². The Morgan fingerprint density at radius 3 is 2.94 bits per heavy atom. The van der Waals surface area contributed by atoms with Gasteiger partial charge in [0.25, 0.3) is 0 Å². The van der Waals surface area contributed by atoms with Crippen LogP contribution in [0.1, 0.15) is 24.5 Å². The summed E-state index contributed by atoms with van der Waals surface area (Å²) < 4.78 is 3.97. The van der Waals surface area contributed by atoms with Crippen LogP contribution in [0.15, 0.2) is 18.6 Å². The number of carbonyl (C=O) groups is 1. The molecule has 0 radical (unpaired) electrons. The van der Waals surface area contributed by atoms with Gasteiger partial charge in [-0.3, -0.25) is 5.32 Å². The third-order valence-corrected chi connectivity index (χ3v) is 2.87. The number of anilines is 1. The molecule has 0 fully saturated rings. The summed E-state index contributed by atoms with van der Waals surface area (Å²) in [6.07, 6.45) is 3.08. The molecule has 0 saturated heterocycles. The van der Waals surface area contributed by atoms with Gasteiger partial charge in [-0.25, -0.2) is 19.7 Å². The van der Waals surface area contributed by atoms with Gasteiger partial charge in [-0.05, 0) is 19.9 Å². The molecule has 8 heteroatoms. The molecule has 0 aromatic carbocycles. The minimum absolute atomic E-state index is 0.206. The second-order valence-corrected chi connectivity index (χ2v) is 4.35. The quantitative estimate of drug-likeness (QED) is 0.876. The Labute approximate surface area is 108 Å². The molecule has 1 unspecified atom stereocenters. The van der Waals surface area contributed by atoms with Crippen molar-refractivity contribution in [2.75, 3.05) is 5.32 Å². The number of rotatable bonds is 3. The summed E-state index contributed by atoms with van der Waals surface area (Å²) in [6, 6.07) is 1.21. The number of amides is 2. The van der Waals surface area contributed by atoms with E-state index in [0.717, 1.165) is 17.2 Å². The van der Waals surface area contributed by atoms with Crippen LogP contribution in [-0.2, 0) is 0 Å². The van der Waals surface area contributed by atoms with E-state index in [1.54, 1.807) is 19.2 Å². The summed E-state index contributed by atoms with van der Waals surface area (Å²) >= 11 is 1.14. The lowest BCUT2D eigenvalue weighted by Gasteiger charge is -2.12. The number of aryl methyl sites for hydroxylation is 1. The summed E-state index contributed by atoms with van der Waals surface area (Å²) in [5.74, 6) is 0.638. The van der Waals surface area contributed by atoms with Crippen molar-refractivity contribution < 1.29 is 4.79 Å². The maximum Gasteiger partial charge on any atom is 0.321 e. The maximum atomic E-state index is 11.7. The minimum atomic E-state index is -0.336. The van der Waals surface area contributed by atoms with Crippen LogP contribution in [0.3, 0.4) is 0 Å². The summed E-state index contributed by atoms with van der Waals surface area (Å²) in [4.78, 5) is 23.6. The van der Waals surface area contributed by atoms with Gasteiger partial charge < -0.3 is 5.32 Å². The van der Waals surface area contributed by atoms with Gasteiger partial charge in [0.05, 0.1) is 11.7 Å². The molecule has 2 N–H and O–H groups in total. The molecular weight excluding hydrogens is 252 g/mol. The molecule has 2 aromatic heterocycles. The van der Waals surface area contributed by atoms with Crippen molar-refractivity contribution in [3.05, 3.63) is 30.1 Å². The highest BCUT2D eigenvalue weighted by Gasteiger charge is 2.11. The van der Waals surface area contributed by atoms with E-state index in [4.69, 9.17) is 0 Å². The number of nitrogens with zero attached hydrogens (tertiary/aromatic N) is 4. The third-order valence-electron chi connectivity index (χ3n) is 2.14. The van der Waals surface area contributed by atoms with E-state index >= 15 is 0 Å². The smallest absolute Gasteiger partial charge is 0.321 e. The predicted molar refractivity (Wildman–Crippen MR) is 67.2 cm³/mol. The number of urea groups is 1. The molecule has 7 nitrogen and oxygen atoms in total. The van der Waals surface area contributed by atoms with Gasteiger partial charge in [0.2, 0.25) is 5.13 Å². The largest absolute Gasteiger partial charge is 0.330 e. The van der Waals surface area contributed by atoms with Gasteiger partial charge >= 0.3 is 6.03 Å². The van der Waals surface area contributed by atoms with Crippen LogP contribution in [-0.4, -0.2) is 25.4 Å². The fraction of sp³-hybridized carbons (Fsp3) is 0.300. The summed E-state index contributed by atoms with van der Waals surface area (Å²) in [5.41, 5.74) is 0.744. The third kappa shape index (κ3) is 3.20. The van der Waals surface area contributed by atoms with Crippen LogP contribution in [0, 0.1) is 6.92 Å². The first-order chi connectivity index (χ1) is 8.65. The first-order valence-electron chi connectivity index (χ1n) is 5.29. The Balaban J connectivity index is 1.92. The summed E-state index contributed by atoms with van der Waals surface area (Å²) in [6.45, 7) is 3.61. The lowest BCUT2D eigenvalue weighted by molar-refractivity contribution is 0.249. The number of aromatic nitrogens is 4. The Kier molecular flexibility index (Phi) is 3.78. The number of hydrogen-bond acceptors (Lipinski definition) is 6. The molecule has 0 aliphatic carbocycles. The molecule has 2 rings (SSSR count).